The van der Waals surface area contributed by atoms with E-state index in [0.29, 0.717) is 13.1 Å². The van der Waals surface area contributed by atoms with Gasteiger partial charge >= 0.3 is 18.0 Å². The molecule has 0 aromatic heterocycles. The summed E-state index contributed by atoms with van der Waals surface area (Å²) < 4.78 is 0.0856. The van der Waals surface area contributed by atoms with Crippen molar-refractivity contribution in [3.05, 3.63) is 0 Å². The van der Waals surface area contributed by atoms with E-state index in [2.05, 4.69) is 19.2 Å². The van der Waals surface area contributed by atoms with Crippen LogP contribution in [-0.4, -0.2) is 62.7 Å². The van der Waals surface area contributed by atoms with E-state index in [1.54, 1.807) is 16.7 Å². The average molecular weight is 304 g/mol. The van der Waals surface area contributed by atoms with Crippen LogP contribution in [0.5, 0.6) is 0 Å². The maximum atomic E-state index is 12.0. The second-order valence-corrected chi connectivity index (χ2v) is 7.09. The Labute approximate surface area is 121 Å². The number of nitrogens with one attached hydrogen (secondary N) is 1. The highest BCUT2D eigenvalue weighted by Gasteiger charge is 2.29. The van der Waals surface area contributed by atoms with Gasteiger partial charge in [0.2, 0.25) is 0 Å². The molecule has 1 saturated heterocycles. The molecular weight excluding hydrogens is 284 g/mol. The molecule has 1 fully saturated rings. The van der Waals surface area contributed by atoms with Crippen molar-refractivity contribution in [2.45, 2.75) is 37.5 Å². The number of carbonyl (C=O) groups is 3. The van der Waals surface area contributed by atoms with Gasteiger partial charge in [-0.2, -0.15) is 11.8 Å². The van der Waals surface area contributed by atoms with Crippen LogP contribution in [0.4, 0.5) is 4.79 Å². The predicted octanol–water partition coefficient (Wildman–Crippen LogP) is 0.841. The smallest absolute Gasteiger partial charge is 0.326 e. The van der Waals surface area contributed by atoms with E-state index >= 15 is 0 Å². The zero-order valence-corrected chi connectivity index (χ0v) is 12.4. The van der Waals surface area contributed by atoms with Crippen molar-refractivity contribution in [3.63, 3.8) is 0 Å². The van der Waals surface area contributed by atoms with Crippen LogP contribution in [-0.2, 0) is 9.59 Å². The molecule has 1 unspecified atom stereocenters. The molecule has 0 aromatic rings. The third-order valence-corrected chi connectivity index (χ3v) is 4.47. The summed E-state index contributed by atoms with van der Waals surface area (Å²) in [6.45, 7) is 5.26. The number of hydrogen-bond donors (Lipinski definition) is 3. The van der Waals surface area contributed by atoms with Crippen LogP contribution in [0.2, 0.25) is 0 Å². The zero-order valence-electron chi connectivity index (χ0n) is 11.6. The number of hydrogen-bond acceptors (Lipinski definition) is 4. The highest BCUT2D eigenvalue weighted by molar-refractivity contribution is 8.00. The van der Waals surface area contributed by atoms with E-state index in [-0.39, 0.29) is 4.75 Å². The number of carbonyl (C=O) groups excluding carboxylic acids is 1. The third kappa shape index (κ3) is 5.28. The van der Waals surface area contributed by atoms with Crippen molar-refractivity contribution in [3.8, 4) is 0 Å². The van der Waals surface area contributed by atoms with Gasteiger partial charge in [0.1, 0.15) is 6.04 Å². The minimum atomic E-state index is -1.40. The maximum Gasteiger partial charge on any atom is 0.326 e. The van der Waals surface area contributed by atoms with E-state index in [1.807, 2.05) is 0 Å². The van der Waals surface area contributed by atoms with Crippen molar-refractivity contribution < 1.29 is 24.6 Å². The van der Waals surface area contributed by atoms with E-state index < -0.39 is 30.4 Å². The monoisotopic (exact) mass is 304 g/mol. The summed E-state index contributed by atoms with van der Waals surface area (Å²) in [5.74, 6) is -1.83. The average Bonchev–Trinajstić information content (AvgIpc) is 2.48. The highest BCUT2D eigenvalue weighted by atomic mass is 32.2. The standard InChI is InChI=1S/C12H20N2O5S/c1-12(2)3-4-14(5-6-20-12)11(19)13-8(10(17)18)7-9(15)16/h8H,3-7H2,1-2H3,(H,13,19)(H,15,16)(H,17,18). The molecular formula is C12H20N2O5S. The normalized spacial score (nSPS) is 19.8. The Morgan fingerprint density at radius 2 is 1.95 bits per heavy atom. The lowest BCUT2D eigenvalue weighted by molar-refractivity contribution is -0.145. The summed E-state index contributed by atoms with van der Waals surface area (Å²) in [5.41, 5.74) is 0. The summed E-state index contributed by atoms with van der Waals surface area (Å²) in [4.78, 5) is 35.1. The predicted molar refractivity (Wildman–Crippen MR) is 74.9 cm³/mol. The molecule has 0 bridgehead atoms. The van der Waals surface area contributed by atoms with Crippen molar-refractivity contribution in [1.82, 2.24) is 10.2 Å². The van der Waals surface area contributed by atoms with Crippen molar-refractivity contribution in [1.29, 1.82) is 0 Å². The molecule has 114 valence electrons. The summed E-state index contributed by atoms with van der Waals surface area (Å²) in [6, 6.07) is -1.92. The fourth-order valence-corrected chi connectivity index (χ4v) is 2.94. The molecule has 8 heteroatoms. The van der Waals surface area contributed by atoms with E-state index in [0.717, 1.165) is 12.2 Å². The molecule has 3 N–H and O–H groups in total. The molecule has 2 amide bonds. The molecule has 1 aliphatic heterocycles. The minimum Gasteiger partial charge on any atom is -0.481 e. The summed E-state index contributed by atoms with van der Waals surface area (Å²) >= 11 is 1.77. The van der Waals surface area contributed by atoms with Crippen molar-refractivity contribution >= 4 is 29.7 Å². The highest BCUT2D eigenvalue weighted by Crippen LogP contribution is 2.30. The lowest BCUT2D eigenvalue weighted by Crippen LogP contribution is -2.49. The molecule has 1 heterocycles. The van der Waals surface area contributed by atoms with Gasteiger partial charge in [-0.15, -0.1) is 0 Å². The molecule has 0 aliphatic carbocycles. The molecule has 1 atom stereocenters. The Morgan fingerprint density at radius 3 is 2.50 bits per heavy atom. The van der Waals surface area contributed by atoms with Gasteiger partial charge in [-0.3, -0.25) is 4.79 Å². The first-order chi connectivity index (χ1) is 9.21. The summed E-state index contributed by atoms with van der Waals surface area (Å²) in [7, 11) is 0. The van der Waals surface area contributed by atoms with Gasteiger partial charge < -0.3 is 20.4 Å². The SMILES string of the molecule is CC1(C)CCN(C(=O)NC(CC(=O)O)C(=O)O)CCS1. The van der Waals surface area contributed by atoms with E-state index in [1.165, 1.54) is 0 Å². The number of urea groups is 1. The Hall–Kier alpha value is -1.44. The third-order valence-electron chi connectivity index (χ3n) is 3.10. The largest absolute Gasteiger partial charge is 0.481 e. The van der Waals surface area contributed by atoms with Gasteiger partial charge in [0, 0.05) is 23.6 Å². The first-order valence-electron chi connectivity index (χ1n) is 6.35. The maximum absolute atomic E-state index is 12.0. The lowest BCUT2D eigenvalue weighted by atomic mass is 10.1. The van der Waals surface area contributed by atoms with Gasteiger partial charge in [-0.25, -0.2) is 9.59 Å². The molecule has 0 saturated carbocycles. The van der Waals surface area contributed by atoms with Gasteiger partial charge in [-0.05, 0) is 6.42 Å². The van der Waals surface area contributed by atoms with E-state index in [4.69, 9.17) is 10.2 Å². The van der Waals surface area contributed by atoms with Gasteiger partial charge in [-0.1, -0.05) is 13.8 Å². The van der Waals surface area contributed by atoms with Crippen LogP contribution < -0.4 is 5.32 Å². The fraction of sp³-hybridized carbons (Fsp3) is 0.750. The van der Waals surface area contributed by atoms with Gasteiger partial charge in [0.15, 0.2) is 0 Å². The number of aliphatic carboxylic acids is 2. The molecule has 0 spiro atoms. The molecule has 7 nitrogen and oxygen atoms in total. The van der Waals surface area contributed by atoms with E-state index in [9.17, 15) is 14.4 Å². The van der Waals surface area contributed by atoms with Crippen molar-refractivity contribution in [2.75, 3.05) is 18.8 Å². The molecule has 1 rings (SSSR count). The Kier molecular flexibility index (Phi) is 5.67. The first kappa shape index (κ1) is 16.6. The quantitative estimate of drug-likeness (QED) is 0.710. The second kappa shape index (κ2) is 6.83. The molecule has 1 aliphatic rings. The number of rotatable bonds is 4. The topological polar surface area (TPSA) is 107 Å². The number of carboxylic acid groups (broad SMARTS) is 2. The number of thioether (sulfide) groups is 1. The van der Waals surface area contributed by atoms with Crippen LogP contribution in [0, 0.1) is 0 Å². The summed E-state index contributed by atoms with van der Waals surface area (Å²) in [5, 5.41) is 19.8. The molecule has 0 radical (unpaired) electrons. The Balaban J connectivity index is 2.60. The number of carboxylic acids is 2. The van der Waals surface area contributed by atoms with Crippen LogP contribution in [0.3, 0.4) is 0 Å². The van der Waals surface area contributed by atoms with Crippen molar-refractivity contribution in [2.24, 2.45) is 0 Å². The van der Waals surface area contributed by atoms with Crippen LogP contribution >= 0.6 is 11.8 Å². The van der Waals surface area contributed by atoms with Crippen LogP contribution in [0.15, 0.2) is 0 Å². The minimum absolute atomic E-state index is 0.0856. The molecule has 20 heavy (non-hydrogen) atoms. The Morgan fingerprint density at radius 1 is 1.30 bits per heavy atom. The number of amides is 2. The fourth-order valence-electron chi connectivity index (χ4n) is 1.84. The lowest BCUT2D eigenvalue weighted by Gasteiger charge is -2.24. The number of nitrogens with zero attached hydrogens (tertiary/aromatic N) is 1. The van der Waals surface area contributed by atoms with Gasteiger partial charge in [0.25, 0.3) is 0 Å². The van der Waals surface area contributed by atoms with Crippen LogP contribution in [0.1, 0.15) is 26.7 Å². The van der Waals surface area contributed by atoms with Gasteiger partial charge in [0.05, 0.1) is 6.42 Å². The zero-order chi connectivity index (χ0) is 15.3. The van der Waals surface area contributed by atoms with Crippen LogP contribution in [0.25, 0.3) is 0 Å². The Bertz CT molecular complexity index is 399. The summed E-state index contributed by atoms with van der Waals surface area (Å²) in [6.07, 6.45) is 0.177. The second-order valence-electron chi connectivity index (χ2n) is 5.28. The first-order valence-corrected chi connectivity index (χ1v) is 7.34. The molecule has 0 aromatic carbocycles.